The van der Waals surface area contributed by atoms with Crippen LogP contribution in [-0.2, 0) is 6.54 Å². The Balaban J connectivity index is 1.48. The molecule has 6 heteroatoms. The lowest BCUT2D eigenvalue weighted by molar-refractivity contribution is 0.0937. The topological polar surface area (TPSA) is 67.6 Å². The summed E-state index contributed by atoms with van der Waals surface area (Å²) < 4.78 is 10.3. The predicted octanol–water partition coefficient (Wildman–Crippen LogP) is 2.08. The van der Waals surface area contributed by atoms with Crippen LogP contribution < -0.4 is 10.1 Å². The van der Waals surface area contributed by atoms with Crippen LogP contribution in [0.3, 0.4) is 0 Å². The molecule has 2 aromatic heterocycles. The molecule has 3 rings (SSSR count). The van der Waals surface area contributed by atoms with Gasteiger partial charge >= 0.3 is 0 Å². The van der Waals surface area contributed by atoms with E-state index in [9.17, 15) is 4.79 Å². The lowest BCUT2D eigenvalue weighted by Crippen LogP contribution is -2.36. The lowest BCUT2D eigenvalue weighted by atomic mass is 10.2. The zero-order valence-electron chi connectivity index (χ0n) is 13.2. The molecular weight excluding hydrogens is 294 g/mol. The highest BCUT2D eigenvalue weighted by Gasteiger charge is 2.24. The number of furan rings is 1. The van der Waals surface area contributed by atoms with Gasteiger partial charge in [0.25, 0.3) is 5.91 Å². The molecule has 0 spiro atoms. The summed E-state index contributed by atoms with van der Waals surface area (Å²) >= 11 is 0. The second kappa shape index (κ2) is 7.28. The van der Waals surface area contributed by atoms with Crippen molar-refractivity contribution in [1.29, 1.82) is 0 Å². The minimum absolute atomic E-state index is 0.0756. The van der Waals surface area contributed by atoms with Crippen LogP contribution in [0.2, 0.25) is 0 Å². The van der Waals surface area contributed by atoms with Crippen LogP contribution in [0.4, 0.5) is 0 Å². The van der Waals surface area contributed by atoms with Gasteiger partial charge in [-0.3, -0.25) is 9.69 Å². The standard InChI is InChI=1S/C17H21N3O3/c1-2-23-16-4-3-13(9-18-16)10-20-7-5-15(11-20)19-17(21)14-6-8-22-12-14/h3-4,6,8-9,12,15H,2,5,7,10-11H2,1H3,(H,19,21)/t15-/m0/s1. The molecule has 6 nitrogen and oxygen atoms in total. The molecule has 1 N–H and O–H groups in total. The number of nitrogens with one attached hydrogen (secondary N) is 1. The molecule has 0 unspecified atom stereocenters. The molecule has 0 saturated carbocycles. The molecule has 1 aliphatic heterocycles. The maximum absolute atomic E-state index is 12.0. The van der Waals surface area contributed by atoms with Gasteiger partial charge < -0.3 is 14.5 Å². The third-order valence-corrected chi connectivity index (χ3v) is 3.89. The summed E-state index contributed by atoms with van der Waals surface area (Å²) in [6, 6.07) is 5.78. The van der Waals surface area contributed by atoms with E-state index in [0.717, 1.165) is 31.6 Å². The number of nitrogens with zero attached hydrogens (tertiary/aromatic N) is 2. The van der Waals surface area contributed by atoms with Gasteiger partial charge in [-0.05, 0) is 25.0 Å². The first-order valence-corrected chi connectivity index (χ1v) is 7.87. The van der Waals surface area contributed by atoms with E-state index in [0.29, 0.717) is 18.1 Å². The Bertz CT molecular complexity index is 625. The van der Waals surface area contributed by atoms with Crippen molar-refractivity contribution in [2.75, 3.05) is 19.7 Å². The van der Waals surface area contributed by atoms with Crippen LogP contribution in [0.1, 0.15) is 29.3 Å². The highest BCUT2D eigenvalue weighted by Crippen LogP contribution is 2.15. The van der Waals surface area contributed by atoms with Crippen molar-refractivity contribution >= 4 is 5.91 Å². The van der Waals surface area contributed by atoms with Crippen molar-refractivity contribution in [2.24, 2.45) is 0 Å². The Hall–Kier alpha value is -2.34. The number of amides is 1. The van der Waals surface area contributed by atoms with Crippen molar-refractivity contribution in [3.8, 4) is 5.88 Å². The number of rotatable bonds is 6. The first kappa shape index (κ1) is 15.6. The van der Waals surface area contributed by atoms with Crippen LogP contribution in [-0.4, -0.2) is 41.5 Å². The normalized spacial score (nSPS) is 18.0. The number of aromatic nitrogens is 1. The molecule has 0 bridgehead atoms. The summed E-state index contributed by atoms with van der Waals surface area (Å²) in [5, 5.41) is 3.05. The smallest absolute Gasteiger partial charge is 0.254 e. The van der Waals surface area contributed by atoms with E-state index < -0.39 is 0 Å². The fourth-order valence-corrected chi connectivity index (χ4v) is 2.75. The molecule has 122 valence electrons. The highest BCUT2D eigenvalue weighted by atomic mass is 16.5. The van der Waals surface area contributed by atoms with Gasteiger partial charge in [0.2, 0.25) is 5.88 Å². The summed E-state index contributed by atoms with van der Waals surface area (Å²) in [6.07, 6.45) is 5.78. The zero-order chi connectivity index (χ0) is 16.1. The van der Waals surface area contributed by atoms with Crippen LogP contribution in [0.15, 0.2) is 41.3 Å². The number of hydrogen-bond donors (Lipinski definition) is 1. The minimum Gasteiger partial charge on any atom is -0.478 e. The van der Waals surface area contributed by atoms with Gasteiger partial charge in [-0.1, -0.05) is 6.07 Å². The van der Waals surface area contributed by atoms with Crippen LogP contribution >= 0.6 is 0 Å². The van der Waals surface area contributed by atoms with Crippen molar-refractivity contribution in [3.05, 3.63) is 48.0 Å². The molecular formula is C17H21N3O3. The Morgan fingerprint density at radius 2 is 2.39 bits per heavy atom. The first-order chi connectivity index (χ1) is 11.2. The second-order valence-corrected chi connectivity index (χ2v) is 5.64. The molecule has 0 aromatic carbocycles. The first-order valence-electron chi connectivity index (χ1n) is 7.87. The zero-order valence-corrected chi connectivity index (χ0v) is 13.2. The average Bonchev–Trinajstić information content (AvgIpc) is 3.21. The molecule has 1 aliphatic rings. The van der Waals surface area contributed by atoms with Gasteiger partial charge in [0, 0.05) is 37.9 Å². The third kappa shape index (κ3) is 4.10. The molecule has 3 heterocycles. The second-order valence-electron chi connectivity index (χ2n) is 5.64. The molecule has 0 aliphatic carbocycles. The Morgan fingerprint density at radius 3 is 3.09 bits per heavy atom. The summed E-state index contributed by atoms with van der Waals surface area (Å²) in [5.74, 6) is 0.580. The van der Waals surface area contributed by atoms with Gasteiger partial charge in [-0.25, -0.2) is 4.98 Å². The molecule has 23 heavy (non-hydrogen) atoms. The van der Waals surface area contributed by atoms with Gasteiger partial charge in [0.05, 0.1) is 18.4 Å². The van der Waals surface area contributed by atoms with E-state index in [1.54, 1.807) is 6.07 Å². The van der Waals surface area contributed by atoms with Crippen molar-refractivity contribution in [2.45, 2.75) is 25.9 Å². The predicted molar refractivity (Wildman–Crippen MR) is 85.3 cm³/mol. The van der Waals surface area contributed by atoms with E-state index in [-0.39, 0.29) is 11.9 Å². The average molecular weight is 315 g/mol. The maximum Gasteiger partial charge on any atom is 0.254 e. The van der Waals surface area contributed by atoms with E-state index >= 15 is 0 Å². The molecule has 1 saturated heterocycles. The highest BCUT2D eigenvalue weighted by molar-refractivity contribution is 5.93. The van der Waals surface area contributed by atoms with Crippen LogP contribution in [0.25, 0.3) is 0 Å². The van der Waals surface area contributed by atoms with Crippen molar-refractivity contribution < 1.29 is 13.9 Å². The van der Waals surface area contributed by atoms with Gasteiger partial charge in [-0.15, -0.1) is 0 Å². The van der Waals surface area contributed by atoms with E-state index in [1.807, 2.05) is 25.3 Å². The number of pyridine rings is 1. The Kier molecular flexibility index (Phi) is 4.92. The van der Waals surface area contributed by atoms with Crippen LogP contribution in [0.5, 0.6) is 5.88 Å². The Morgan fingerprint density at radius 1 is 1.48 bits per heavy atom. The largest absolute Gasteiger partial charge is 0.478 e. The number of likely N-dealkylation sites (tertiary alicyclic amines) is 1. The fraction of sp³-hybridized carbons (Fsp3) is 0.412. The minimum atomic E-state index is -0.0756. The maximum atomic E-state index is 12.0. The number of carbonyl (C=O) groups excluding carboxylic acids is 1. The molecule has 1 atom stereocenters. The summed E-state index contributed by atoms with van der Waals surface area (Å²) in [7, 11) is 0. The number of hydrogen-bond acceptors (Lipinski definition) is 5. The Labute approximate surface area is 135 Å². The van der Waals surface area contributed by atoms with E-state index in [4.69, 9.17) is 9.15 Å². The third-order valence-electron chi connectivity index (χ3n) is 3.89. The van der Waals surface area contributed by atoms with Crippen LogP contribution in [0, 0.1) is 0 Å². The van der Waals surface area contributed by atoms with Gasteiger partial charge in [-0.2, -0.15) is 0 Å². The molecule has 0 radical (unpaired) electrons. The van der Waals surface area contributed by atoms with Crippen molar-refractivity contribution in [3.63, 3.8) is 0 Å². The van der Waals surface area contributed by atoms with Crippen molar-refractivity contribution in [1.82, 2.24) is 15.2 Å². The molecule has 1 amide bonds. The monoisotopic (exact) mass is 315 g/mol. The number of carbonyl (C=O) groups is 1. The number of ether oxygens (including phenoxy) is 1. The SMILES string of the molecule is CCOc1ccc(CN2CC[C@H](NC(=O)c3ccoc3)C2)cn1. The van der Waals surface area contributed by atoms with Gasteiger partial charge in [0.15, 0.2) is 0 Å². The fourth-order valence-electron chi connectivity index (χ4n) is 2.75. The van der Waals surface area contributed by atoms with E-state index in [1.165, 1.54) is 12.5 Å². The summed E-state index contributed by atoms with van der Waals surface area (Å²) in [4.78, 5) is 18.6. The van der Waals surface area contributed by atoms with E-state index in [2.05, 4.69) is 15.2 Å². The summed E-state index contributed by atoms with van der Waals surface area (Å²) in [6.45, 7) is 5.20. The molecule has 2 aromatic rings. The lowest BCUT2D eigenvalue weighted by Gasteiger charge is -2.16. The summed E-state index contributed by atoms with van der Waals surface area (Å²) in [5.41, 5.74) is 1.72. The van der Waals surface area contributed by atoms with Gasteiger partial charge in [0.1, 0.15) is 6.26 Å². The quantitative estimate of drug-likeness (QED) is 0.884. The molecule has 1 fully saturated rings.